The van der Waals surface area contributed by atoms with Crippen LogP contribution in [0.5, 0.6) is 0 Å². The maximum Gasteiger partial charge on any atom is 0.251 e. The molecule has 1 aromatic heterocycles. The summed E-state index contributed by atoms with van der Waals surface area (Å²) in [5.41, 5.74) is 2.84. The van der Waals surface area contributed by atoms with E-state index in [4.69, 9.17) is 0 Å². The fraction of sp³-hybridized carbons (Fsp3) is 0.158. The van der Waals surface area contributed by atoms with Gasteiger partial charge in [-0.2, -0.15) is 5.10 Å². The number of nitrogens with one attached hydrogen (secondary N) is 2. The molecule has 132 valence electrons. The van der Waals surface area contributed by atoms with Gasteiger partial charge in [0.15, 0.2) is 0 Å². The number of aromatic nitrogens is 3. The molecule has 7 heteroatoms. The molecule has 0 fully saturated rings. The highest BCUT2D eigenvalue weighted by molar-refractivity contribution is 6.01. The second-order valence-corrected chi connectivity index (χ2v) is 5.84. The van der Waals surface area contributed by atoms with Crippen LogP contribution in [0.2, 0.25) is 0 Å². The van der Waals surface area contributed by atoms with Gasteiger partial charge in [0.25, 0.3) is 5.91 Å². The lowest BCUT2D eigenvalue weighted by molar-refractivity contribution is -0.117. The maximum absolute atomic E-state index is 12.5. The van der Waals surface area contributed by atoms with Gasteiger partial charge in [-0.1, -0.05) is 24.3 Å². The number of hydrogen-bond acceptors (Lipinski definition) is 4. The van der Waals surface area contributed by atoms with E-state index in [0.717, 1.165) is 11.3 Å². The molecule has 1 atom stereocenters. The Kier molecular flexibility index (Phi) is 5.07. The van der Waals surface area contributed by atoms with Crippen molar-refractivity contribution in [3.8, 4) is 5.69 Å². The first-order valence-electron chi connectivity index (χ1n) is 8.17. The van der Waals surface area contributed by atoms with E-state index in [-0.39, 0.29) is 11.8 Å². The largest absolute Gasteiger partial charge is 0.341 e. The van der Waals surface area contributed by atoms with Crippen LogP contribution in [0.25, 0.3) is 5.69 Å². The minimum absolute atomic E-state index is 0.290. The number of hydrogen-bond donors (Lipinski definition) is 2. The molecule has 0 aliphatic rings. The van der Waals surface area contributed by atoms with Crippen molar-refractivity contribution in [1.29, 1.82) is 0 Å². The smallest absolute Gasteiger partial charge is 0.251 e. The SMILES string of the molecule is Cc1c(NC(=O)C(C)NC(=O)c2ccccc2)cccc1-n1cncn1. The van der Waals surface area contributed by atoms with Crippen molar-refractivity contribution in [2.45, 2.75) is 19.9 Å². The molecule has 7 nitrogen and oxygen atoms in total. The first-order valence-corrected chi connectivity index (χ1v) is 8.17. The highest BCUT2D eigenvalue weighted by Crippen LogP contribution is 2.21. The van der Waals surface area contributed by atoms with E-state index in [1.807, 2.05) is 25.1 Å². The Morgan fingerprint density at radius 2 is 1.85 bits per heavy atom. The zero-order chi connectivity index (χ0) is 18.5. The van der Waals surface area contributed by atoms with Crippen LogP contribution in [0.4, 0.5) is 5.69 Å². The van der Waals surface area contributed by atoms with E-state index < -0.39 is 6.04 Å². The highest BCUT2D eigenvalue weighted by atomic mass is 16.2. The van der Waals surface area contributed by atoms with E-state index in [2.05, 4.69) is 20.7 Å². The molecular formula is C19H19N5O2. The van der Waals surface area contributed by atoms with Crippen LogP contribution < -0.4 is 10.6 Å². The molecule has 0 saturated heterocycles. The van der Waals surface area contributed by atoms with Gasteiger partial charge in [0.05, 0.1) is 5.69 Å². The summed E-state index contributed by atoms with van der Waals surface area (Å²) in [6.07, 6.45) is 3.04. The van der Waals surface area contributed by atoms with Gasteiger partial charge >= 0.3 is 0 Å². The van der Waals surface area contributed by atoms with Crippen LogP contribution in [0.1, 0.15) is 22.8 Å². The Hall–Kier alpha value is -3.48. The Morgan fingerprint density at radius 3 is 2.54 bits per heavy atom. The Bertz CT molecular complexity index is 907. The summed E-state index contributed by atoms with van der Waals surface area (Å²) >= 11 is 0. The van der Waals surface area contributed by atoms with Crippen molar-refractivity contribution in [2.24, 2.45) is 0 Å². The minimum atomic E-state index is -0.683. The standard InChI is InChI=1S/C19H19N5O2/c1-13-16(9-6-10-17(13)24-12-20-11-21-24)23-18(25)14(2)22-19(26)15-7-4-3-5-8-15/h3-12,14H,1-2H3,(H,22,26)(H,23,25). The molecule has 0 aliphatic carbocycles. The van der Waals surface area contributed by atoms with E-state index in [9.17, 15) is 9.59 Å². The molecule has 26 heavy (non-hydrogen) atoms. The van der Waals surface area contributed by atoms with E-state index in [1.165, 1.54) is 6.33 Å². The fourth-order valence-corrected chi connectivity index (χ4v) is 2.52. The lowest BCUT2D eigenvalue weighted by Crippen LogP contribution is -2.41. The van der Waals surface area contributed by atoms with Crippen molar-refractivity contribution in [3.63, 3.8) is 0 Å². The average Bonchev–Trinajstić information content (AvgIpc) is 3.18. The molecule has 0 radical (unpaired) electrons. The lowest BCUT2D eigenvalue weighted by atomic mass is 10.1. The highest BCUT2D eigenvalue weighted by Gasteiger charge is 2.18. The number of benzene rings is 2. The van der Waals surface area contributed by atoms with Gasteiger partial charge in [0.1, 0.15) is 18.7 Å². The topological polar surface area (TPSA) is 88.9 Å². The number of anilines is 1. The summed E-state index contributed by atoms with van der Waals surface area (Å²) in [6.45, 7) is 3.53. The monoisotopic (exact) mass is 349 g/mol. The number of nitrogens with zero attached hydrogens (tertiary/aromatic N) is 3. The van der Waals surface area contributed by atoms with E-state index in [1.54, 1.807) is 48.3 Å². The van der Waals surface area contributed by atoms with Crippen molar-refractivity contribution in [2.75, 3.05) is 5.32 Å². The molecule has 3 aromatic rings. The van der Waals surface area contributed by atoms with Crippen LogP contribution in [0.15, 0.2) is 61.2 Å². The summed E-state index contributed by atoms with van der Waals surface area (Å²) in [5, 5.41) is 9.66. The van der Waals surface area contributed by atoms with Crippen LogP contribution in [-0.2, 0) is 4.79 Å². The lowest BCUT2D eigenvalue weighted by Gasteiger charge is -2.16. The van der Waals surface area contributed by atoms with Crippen LogP contribution in [-0.4, -0.2) is 32.6 Å². The Balaban J connectivity index is 1.70. The normalized spacial score (nSPS) is 11.6. The van der Waals surface area contributed by atoms with Gasteiger partial charge in [-0.25, -0.2) is 9.67 Å². The first-order chi connectivity index (χ1) is 12.6. The summed E-state index contributed by atoms with van der Waals surface area (Å²) in [7, 11) is 0. The molecule has 3 rings (SSSR count). The second kappa shape index (κ2) is 7.60. The second-order valence-electron chi connectivity index (χ2n) is 5.84. The van der Waals surface area contributed by atoms with E-state index >= 15 is 0 Å². The van der Waals surface area contributed by atoms with Crippen LogP contribution >= 0.6 is 0 Å². The van der Waals surface area contributed by atoms with Gasteiger partial charge in [0.2, 0.25) is 5.91 Å². The van der Waals surface area contributed by atoms with Crippen molar-refractivity contribution < 1.29 is 9.59 Å². The molecular weight excluding hydrogens is 330 g/mol. The molecule has 2 aromatic carbocycles. The molecule has 0 aliphatic heterocycles. The summed E-state index contributed by atoms with van der Waals surface area (Å²) in [5.74, 6) is -0.588. The third-order valence-corrected chi connectivity index (χ3v) is 4.01. The number of carbonyl (C=O) groups excluding carboxylic acids is 2. The average molecular weight is 349 g/mol. The molecule has 0 spiro atoms. The summed E-state index contributed by atoms with van der Waals surface area (Å²) in [4.78, 5) is 28.6. The number of carbonyl (C=O) groups is 2. The van der Waals surface area contributed by atoms with Crippen LogP contribution in [0.3, 0.4) is 0 Å². The van der Waals surface area contributed by atoms with Crippen molar-refractivity contribution in [3.05, 3.63) is 72.3 Å². The van der Waals surface area contributed by atoms with Gasteiger partial charge in [-0.3, -0.25) is 9.59 Å². The van der Waals surface area contributed by atoms with Gasteiger partial charge < -0.3 is 10.6 Å². The number of rotatable bonds is 5. The Labute approximate surface area is 151 Å². The molecule has 0 saturated carbocycles. The molecule has 1 unspecified atom stereocenters. The van der Waals surface area contributed by atoms with Gasteiger partial charge in [-0.15, -0.1) is 0 Å². The number of amides is 2. The predicted octanol–water partition coefficient (Wildman–Crippen LogP) is 2.33. The van der Waals surface area contributed by atoms with E-state index in [0.29, 0.717) is 11.3 Å². The Morgan fingerprint density at radius 1 is 1.08 bits per heavy atom. The quantitative estimate of drug-likeness (QED) is 0.740. The fourth-order valence-electron chi connectivity index (χ4n) is 2.52. The summed E-state index contributed by atoms with van der Waals surface area (Å²) in [6, 6.07) is 13.6. The van der Waals surface area contributed by atoms with Crippen LogP contribution in [0, 0.1) is 6.92 Å². The van der Waals surface area contributed by atoms with Crippen molar-refractivity contribution >= 4 is 17.5 Å². The molecule has 1 heterocycles. The zero-order valence-electron chi connectivity index (χ0n) is 14.5. The van der Waals surface area contributed by atoms with Gasteiger partial charge in [-0.05, 0) is 43.7 Å². The third-order valence-electron chi connectivity index (χ3n) is 4.01. The summed E-state index contributed by atoms with van der Waals surface area (Å²) < 4.78 is 1.63. The maximum atomic E-state index is 12.5. The van der Waals surface area contributed by atoms with Gasteiger partial charge in [0, 0.05) is 11.3 Å². The minimum Gasteiger partial charge on any atom is -0.341 e. The van der Waals surface area contributed by atoms with Crippen molar-refractivity contribution in [1.82, 2.24) is 20.1 Å². The third kappa shape index (κ3) is 3.77. The molecule has 2 amide bonds. The molecule has 0 bridgehead atoms. The zero-order valence-corrected chi connectivity index (χ0v) is 14.5. The predicted molar refractivity (Wildman–Crippen MR) is 98.1 cm³/mol. The first kappa shape index (κ1) is 17.3. The molecule has 2 N–H and O–H groups in total.